The predicted octanol–water partition coefficient (Wildman–Crippen LogP) is 0.593. The average molecular weight is 266 g/mol. The van der Waals surface area contributed by atoms with E-state index in [2.05, 4.69) is 29.2 Å². The fourth-order valence-corrected chi connectivity index (χ4v) is 2.35. The minimum absolute atomic E-state index is 0.0259. The Labute approximate surface area is 113 Å². The van der Waals surface area contributed by atoms with E-state index < -0.39 is 0 Å². The van der Waals surface area contributed by atoms with E-state index in [1.165, 1.54) is 0 Å². The lowest BCUT2D eigenvalue weighted by atomic mass is 9.93. The molecule has 0 saturated carbocycles. The number of amides is 1. The molecule has 0 saturated heterocycles. The summed E-state index contributed by atoms with van der Waals surface area (Å²) < 4.78 is 7.06. The molecule has 1 aliphatic heterocycles. The quantitative estimate of drug-likeness (QED) is 0.847. The zero-order chi connectivity index (χ0) is 14.0. The lowest BCUT2D eigenvalue weighted by molar-refractivity contribution is 0.0923. The molecule has 1 N–H and O–H groups in total. The first-order valence-electron chi connectivity index (χ1n) is 6.51. The number of carbonyl (C=O) groups is 1. The number of hydrogen-bond acceptors (Lipinski definition) is 4. The molecule has 0 bridgehead atoms. The van der Waals surface area contributed by atoms with E-state index >= 15 is 0 Å². The highest BCUT2D eigenvalue weighted by Crippen LogP contribution is 2.19. The summed E-state index contributed by atoms with van der Waals surface area (Å²) in [6, 6.07) is 1.70. The van der Waals surface area contributed by atoms with Gasteiger partial charge in [0.25, 0.3) is 5.91 Å². The largest absolute Gasteiger partial charge is 0.476 e. The fourth-order valence-electron chi connectivity index (χ4n) is 2.35. The van der Waals surface area contributed by atoms with Crippen LogP contribution >= 0.6 is 0 Å². The molecule has 0 fully saturated rings. The summed E-state index contributed by atoms with van der Waals surface area (Å²) in [7, 11) is 4.06. The van der Waals surface area contributed by atoms with Crippen molar-refractivity contribution >= 4 is 5.91 Å². The van der Waals surface area contributed by atoms with Gasteiger partial charge in [-0.15, -0.1) is 0 Å². The van der Waals surface area contributed by atoms with Gasteiger partial charge in [0.1, 0.15) is 6.61 Å². The molecular formula is C13H22N4O2. The van der Waals surface area contributed by atoms with Crippen LogP contribution in [0.2, 0.25) is 0 Å². The zero-order valence-electron chi connectivity index (χ0n) is 12.1. The van der Waals surface area contributed by atoms with Crippen molar-refractivity contribution < 1.29 is 9.53 Å². The van der Waals surface area contributed by atoms with E-state index in [1.54, 1.807) is 10.7 Å². The zero-order valence-corrected chi connectivity index (χ0v) is 12.1. The maximum absolute atomic E-state index is 12.0. The summed E-state index contributed by atoms with van der Waals surface area (Å²) >= 11 is 0. The highest BCUT2D eigenvalue weighted by atomic mass is 16.5. The molecule has 2 rings (SSSR count). The number of hydrogen-bond donors (Lipinski definition) is 1. The fraction of sp³-hybridized carbons (Fsp3) is 0.692. The molecule has 0 aromatic carbocycles. The molecule has 6 heteroatoms. The van der Waals surface area contributed by atoms with E-state index in [0.29, 0.717) is 31.3 Å². The van der Waals surface area contributed by atoms with Crippen LogP contribution in [0.25, 0.3) is 0 Å². The van der Waals surface area contributed by atoms with Crippen molar-refractivity contribution in [3.8, 4) is 5.88 Å². The third-order valence-corrected chi connectivity index (χ3v) is 3.00. The Balaban J connectivity index is 1.90. The van der Waals surface area contributed by atoms with Crippen molar-refractivity contribution in [3.05, 3.63) is 11.8 Å². The molecule has 19 heavy (non-hydrogen) atoms. The van der Waals surface area contributed by atoms with Crippen LogP contribution in [0.1, 0.15) is 24.3 Å². The van der Waals surface area contributed by atoms with Gasteiger partial charge in [-0.1, -0.05) is 13.8 Å². The average Bonchev–Trinajstić information content (AvgIpc) is 2.83. The molecule has 106 valence electrons. The number of ether oxygens (including phenoxy) is 1. The van der Waals surface area contributed by atoms with Crippen molar-refractivity contribution in [2.45, 2.75) is 20.4 Å². The van der Waals surface area contributed by atoms with Crippen molar-refractivity contribution in [1.82, 2.24) is 20.0 Å². The van der Waals surface area contributed by atoms with Crippen molar-refractivity contribution in [2.24, 2.45) is 5.41 Å². The maximum Gasteiger partial charge on any atom is 0.271 e. The van der Waals surface area contributed by atoms with Gasteiger partial charge >= 0.3 is 0 Å². The first kappa shape index (κ1) is 13.9. The maximum atomic E-state index is 12.0. The van der Waals surface area contributed by atoms with Crippen LogP contribution in [0.5, 0.6) is 5.88 Å². The third kappa shape index (κ3) is 3.47. The summed E-state index contributed by atoms with van der Waals surface area (Å²) in [5.41, 5.74) is 0.452. The molecule has 2 heterocycles. The van der Waals surface area contributed by atoms with E-state index in [4.69, 9.17) is 4.74 Å². The van der Waals surface area contributed by atoms with Gasteiger partial charge in [0.2, 0.25) is 5.88 Å². The highest BCUT2D eigenvalue weighted by Gasteiger charge is 2.23. The molecule has 0 unspecified atom stereocenters. The molecule has 0 aliphatic carbocycles. The van der Waals surface area contributed by atoms with E-state index in [-0.39, 0.29) is 11.3 Å². The topological polar surface area (TPSA) is 59.4 Å². The Morgan fingerprint density at radius 2 is 2.32 bits per heavy atom. The molecular weight excluding hydrogens is 244 g/mol. The second-order valence-electron chi connectivity index (χ2n) is 6.02. The minimum atomic E-state index is -0.141. The van der Waals surface area contributed by atoms with Crippen LogP contribution in [0.15, 0.2) is 6.07 Å². The van der Waals surface area contributed by atoms with Crippen LogP contribution in [0.3, 0.4) is 0 Å². The number of aromatic nitrogens is 2. The summed E-state index contributed by atoms with van der Waals surface area (Å²) in [4.78, 5) is 14.1. The highest BCUT2D eigenvalue weighted by molar-refractivity contribution is 5.92. The van der Waals surface area contributed by atoms with Gasteiger partial charge < -0.3 is 15.0 Å². The molecule has 0 radical (unpaired) electrons. The molecule has 1 aromatic rings. The predicted molar refractivity (Wildman–Crippen MR) is 72.4 cm³/mol. The number of carbonyl (C=O) groups excluding carboxylic acids is 1. The Morgan fingerprint density at radius 3 is 2.95 bits per heavy atom. The lowest BCUT2D eigenvalue weighted by Gasteiger charge is -2.28. The molecule has 1 aromatic heterocycles. The summed E-state index contributed by atoms with van der Waals surface area (Å²) in [5.74, 6) is 0.537. The summed E-state index contributed by atoms with van der Waals surface area (Å²) in [6.07, 6.45) is 0. The standard InChI is InChI=1S/C13H22N4O2/c1-13(2,9-16(3)4)8-14-12(18)10-7-11-17(15-10)5-6-19-11/h7H,5-6,8-9H2,1-4H3,(H,14,18). The Bertz CT molecular complexity index is 444. The van der Waals surface area contributed by atoms with Crippen molar-refractivity contribution in [2.75, 3.05) is 33.8 Å². The van der Waals surface area contributed by atoms with Crippen LogP contribution < -0.4 is 10.1 Å². The second-order valence-corrected chi connectivity index (χ2v) is 6.02. The molecule has 1 aliphatic rings. The summed E-state index contributed by atoms with van der Waals surface area (Å²) in [5, 5.41) is 7.16. The van der Waals surface area contributed by atoms with Gasteiger partial charge in [0.15, 0.2) is 5.69 Å². The van der Waals surface area contributed by atoms with Gasteiger partial charge in [-0.05, 0) is 19.5 Å². The molecule has 1 amide bonds. The van der Waals surface area contributed by atoms with Crippen molar-refractivity contribution in [1.29, 1.82) is 0 Å². The van der Waals surface area contributed by atoms with Gasteiger partial charge in [-0.3, -0.25) is 4.79 Å². The van der Waals surface area contributed by atoms with Gasteiger partial charge in [0, 0.05) is 19.2 Å². The van der Waals surface area contributed by atoms with E-state index in [9.17, 15) is 4.79 Å². The van der Waals surface area contributed by atoms with Crippen LogP contribution in [-0.2, 0) is 6.54 Å². The van der Waals surface area contributed by atoms with Crippen molar-refractivity contribution in [3.63, 3.8) is 0 Å². The van der Waals surface area contributed by atoms with Crippen LogP contribution in [0, 0.1) is 5.41 Å². The summed E-state index contributed by atoms with van der Waals surface area (Å²) in [6.45, 7) is 7.14. The third-order valence-electron chi connectivity index (χ3n) is 3.00. The second kappa shape index (κ2) is 5.21. The molecule has 6 nitrogen and oxygen atoms in total. The first-order valence-corrected chi connectivity index (χ1v) is 6.51. The Hall–Kier alpha value is -1.56. The molecule has 0 spiro atoms. The van der Waals surface area contributed by atoms with E-state index in [1.807, 2.05) is 14.1 Å². The SMILES string of the molecule is CN(C)CC(C)(C)CNC(=O)c1cc2n(n1)CCO2. The minimum Gasteiger partial charge on any atom is -0.476 e. The number of nitrogens with one attached hydrogen (secondary N) is 1. The van der Waals surface area contributed by atoms with Gasteiger partial charge in [-0.25, -0.2) is 4.68 Å². The van der Waals surface area contributed by atoms with Gasteiger partial charge in [0.05, 0.1) is 6.54 Å². The number of rotatable bonds is 5. The van der Waals surface area contributed by atoms with Crippen LogP contribution in [0.4, 0.5) is 0 Å². The molecule has 0 atom stereocenters. The monoisotopic (exact) mass is 266 g/mol. The smallest absolute Gasteiger partial charge is 0.271 e. The number of nitrogens with zero attached hydrogens (tertiary/aromatic N) is 3. The first-order chi connectivity index (χ1) is 8.87. The lowest BCUT2D eigenvalue weighted by Crippen LogP contribution is -2.40. The Kier molecular flexibility index (Phi) is 3.80. The Morgan fingerprint density at radius 1 is 1.58 bits per heavy atom. The number of fused-ring (bicyclic) bond motifs is 1. The van der Waals surface area contributed by atoms with Crippen LogP contribution in [-0.4, -0.2) is 54.4 Å². The van der Waals surface area contributed by atoms with Gasteiger partial charge in [-0.2, -0.15) is 5.10 Å². The normalized spacial score (nSPS) is 14.4. The van der Waals surface area contributed by atoms with E-state index in [0.717, 1.165) is 6.54 Å².